The lowest BCUT2D eigenvalue weighted by molar-refractivity contribution is 0.298. The Bertz CT molecular complexity index is 1030. The van der Waals surface area contributed by atoms with E-state index >= 15 is 0 Å². The highest BCUT2D eigenvalue weighted by Gasteiger charge is 2.05. The zero-order chi connectivity index (χ0) is 26.1. The second-order valence-electron chi connectivity index (χ2n) is 8.17. The summed E-state index contributed by atoms with van der Waals surface area (Å²) in [7, 11) is 5.02. The number of methoxy groups -OCH3 is 3. The highest BCUT2D eigenvalue weighted by atomic mass is 16.5. The van der Waals surface area contributed by atoms with Crippen molar-refractivity contribution >= 4 is 18.6 Å². The summed E-state index contributed by atoms with van der Waals surface area (Å²) in [4.78, 5) is 16.2. The van der Waals surface area contributed by atoms with Crippen LogP contribution < -0.4 is 14.2 Å². The van der Waals surface area contributed by atoms with Crippen LogP contribution in [-0.4, -0.2) is 84.1 Å². The highest BCUT2D eigenvalue weighted by Crippen LogP contribution is 2.16. The Balaban J connectivity index is 1.57. The Hall–Kier alpha value is -3.97. The molecule has 0 atom stereocenters. The third-order valence-electron chi connectivity index (χ3n) is 5.74. The van der Waals surface area contributed by atoms with Crippen molar-refractivity contribution in [1.29, 1.82) is 0 Å². The van der Waals surface area contributed by atoms with E-state index in [4.69, 9.17) is 14.2 Å². The molecule has 194 valence electrons. The Morgan fingerprint density at radius 2 is 0.811 bits per heavy atom. The molecule has 7 nitrogen and oxygen atoms in total. The molecule has 0 radical (unpaired) electrons. The zero-order valence-corrected chi connectivity index (χ0v) is 21.9. The zero-order valence-electron chi connectivity index (χ0n) is 21.9. The molecule has 0 saturated heterocycles. The Morgan fingerprint density at radius 1 is 0.514 bits per heavy atom. The van der Waals surface area contributed by atoms with E-state index in [-0.39, 0.29) is 0 Å². The molecule has 0 heterocycles. The van der Waals surface area contributed by atoms with E-state index in [9.17, 15) is 0 Å². The fourth-order valence-corrected chi connectivity index (χ4v) is 3.74. The second kappa shape index (κ2) is 15.9. The molecule has 0 bridgehead atoms. The number of nitrogens with zero attached hydrogens (tertiary/aromatic N) is 4. The SMILES string of the molecule is COc1ccccc1/C=N\CCN(CC/N=C\c1ccccc1OC)CC/N=C/c1ccccc1OC. The van der Waals surface area contributed by atoms with Crippen LogP contribution in [0, 0.1) is 0 Å². The van der Waals surface area contributed by atoms with Crippen LogP contribution in [0.5, 0.6) is 17.2 Å². The van der Waals surface area contributed by atoms with E-state index < -0.39 is 0 Å². The molecule has 0 unspecified atom stereocenters. The number of benzene rings is 3. The van der Waals surface area contributed by atoms with E-state index in [0.29, 0.717) is 19.6 Å². The molecule has 3 aromatic carbocycles. The molecule has 3 rings (SSSR count). The molecular weight excluding hydrogens is 464 g/mol. The lowest BCUT2D eigenvalue weighted by Crippen LogP contribution is -2.31. The maximum absolute atomic E-state index is 5.41. The van der Waals surface area contributed by atoms with Crippen molar-refractivity contribution in [1.82, 2.24) is 4.90 Å². The number of ether oxygens (including phenoxy) is 3. The minimum absolute atomic E-state index is 0.671. The fraction of sp³-hybridized carbons (Fsp3) is 0.300. The monoisotopic (exact) mass is 500 g/mol. The Morgan fingerprint density at radius 3 is 1.11 bits per heavy atom. The van der Waals surface area contributed by atoms with Crippen molar-refractivity contribution < 1.29 is 14.2 Å². The molecular formula is C30H36N4O3. The van der Waals surface area contributed by atoms with Crippen molar-refractivity contribution in [3.63, 3.8) is 0 Å². The van der Waals surface area contributed by atoms with E-state index in [2.05, 4.69) is 19.9 Å². The van der Waals surface area contributed by atoms with Gasteiger partial charge in [0.1, 0.15) is 17.2 Å². The number of para-hydroxylation sites is 3. The second-order valence-corrected chi connectivity index (χ2v) is 8.17. The smallest absolute Gasteiger partial charge is 0.127 e. The van der Waals surface area contributed by atoms with Gasteiger partial charge in [-0.05, 0) is 36.4 Å². The normalized spacial score (nSPS) is 11.7. The van der Waals surface area contributed by atoms with Gasteiger partial charge in [0.2, 0.25) is 0 Å². The van der Waals surface area contributed by atoms with Crippen LogP contribution in [0.2, 0.25) is 0 Å². The van der Waals surface area contributed by atoms with Crippen LogP contribution in [0.25, 0.3) is 0 Å². The number of aliphatic imine (C=N–C) groups is 3. The van der Waals surface area contributed by atoms with Crippen molar-refractivity contribution in [3.8, 4) is 17.2 Å². The molecule has 0 aliphatic heterocycles. The highest BCUT2D eigenvalue weighted by molar-refractivity contribution is 5.84. The summed E-state index contributed by atoms with van der Waals surface area (Å²) in [5.41, 5.74) is 2.91. The predicted octanol–water partition coefficient (Wildman–Crippen LogP) is 4.67. The van der Waals surface area contributed by atoms with Crippen LogP contribution in [0.15, 0.2) is 87.8 Å². The molecule has 0 spiro atoms. The van der Waals surface area contributed by atoms with Crippen molar-refractivity contribution in [2.24, 2.45) is 15.0 Å². The topological polar surface area (TPSA) is 68.0 Å². The third kappa shape index (κ3) is 9.20. The molecule has 3 aromatic rings. The maximum atomic E-state index is 5.41. The molecule has 0 aromatic heterocycles. The molecule has 0 aliphatic rings. The van der Waals surface area contributed by atoms with Gasteiger partial charge in [-0.15, -0.1) is 0 Å². The summed E-state index contributed by atoms with van der Waals surface area (Å²) in [5, 5.41) is 0. The van der Waals surface area contributed by atoms with Gasteiger partial charge in [-0.2, -0.15) is 0 Å². The van der Waals surface area contributed by atoms with Gasteiger partial charge < -0.3 is 14.2 Å². The van der Waals surface area contributed by atoms with E-state index in [1.165, 1.54) is 0 Å². The minimum atomic E-state index is 0.671. The fourth-order valence-electron chi connectivity index (χ4n) is 3.74. The first-order valence-corrected chi connectivity index (χ1v) is 12.4. The van der Waals surface area contributed by atoms with Gasteiger partial charge in [0, 0.05) is 55.0 Å². The minimum Gasteiger partial charge on any atom is -0.496 e. The summed E-state index contributed by atoms with van der Waals surface area (Å²) in [6.07, 6.45) is 5.62. The molecule has 0 amide bonds. The first kappa shape index (κ1) is 27.6. The van der Waals surface area contributed by atoms with Gasteiger partial charge in [0.15, 0.2) is 0 Å². The predicted molar refractivity (Wildman–Crippen MR) is 153 cm³/mol. The maximum Gasteiger partial charge on any atom is 0.127 e. The molecule has 0 aliphatic carbocycles. The van der Waals surface area contributed by atoms with Crippen molar-refractivity contribution in [2.45, 2.75) is 0 Å². The van der Waals surface area contributed by atoms with Gasteiger partial charge in [0.05, 0.1) is 41.0 Å². The van der Waals surface area contributed by atoms with Gasteiger partial charge in [-0.1, -0.05) is 36.4 Å². The third-order valence-corrected chi connectivity index (χ3v) is 5.74. The number of hydrogen-bond donors (Lipinski definition) is 0. The molecule has 0 fully saturated rings. The first-order chi connectivity index (χ1) is 18.2. The summed E-state index contributed by atoms with van der Waals surface area (Å²) in [5.74, 6) is 2.46. The quantitative estimate of drug-likeness (QED) is 0.285. The first-order valence-electron chi connectivity index (χ1n) is 12.4. The van der Waals surface area contributed by atoms with Gasteiger partial charge >= 0.3 is 0 Å². The lowest BCUT2D eigenvalue weighted by Gasteiger charge is -2.19. The average Bonchev–Trinajstić information content (AvgIpc) is 2.95. The summed E-state index contributed by atoms with van der Waals surface area (Å²) < 4.78 is 16.2. The summed E-state index contributed by atoms with van der Waals surface area (Å²) in [6.45, 7) is 4.43. The van der Waals surface area contributed by atoms with Crippen LogP contribution >= 0.6 is 0 Å². The van der Waals surface area contributed by atoms with E-state index in [1.54, 1.807) is 21.3 Å². The Labute approximate surface area is 220 Å². The Kier molecular flexibility index (Phi) is 11.9. The van der Waals surface area contributed by atoms with E-state index in [0.717, 1.165) is 53.6 Å². The standard InChI is InChI=1S/C30H36N4O3/c1-35-28-13-7-4-10-25(28)22-31-16-19-34(20-17-32-23-26-11-5-8-14-29(26)36-2)21-18-33-24-27-12-6-9-15-30(27)37-3/h4-15,22-24H,16-21H2,1-3H3/b31-22-,32-23-,33-24+. The summed E-state index contributed by atoms with van der Waals surface area (Å²) in [6, 6.07) is 23.6. The van der Waals surface area contributed by atoms with Gasteiger partial charge in [-0.25, -0.2) is 0 Å². The summed E-state index contributed by atoms with van der Waals surface area (Å²) >= 11 is 0. The number of hydrogen-bond acceptors (Lipinski definition) is 7. The van der Waals surface area contributed by atoms with Gasteiger partial charge in [-0.3, -0.25) is 19.9 Å². The van der Waals surface area contributed by atoms with Crippen molar-refractivity contribution in [2.75, 3.05) is 60.6 Å². The molecule has 7 heteroatoms. The van der Waals surface area contributed by atoms with Crippen LogP contribution in [0.1, 0.15) is 16.7 Å². The largest absolute Gasteiger partial charge is 0.496 e. The van der Waals surface area contributed by atoms with Crippen LogP contribution in [0.3, 0.4) is 0 Å². The van der Waals surface area contributed by atoms with Crippen LogP contribution in [-0.2, 0) is 0 Å². The van der Waals surface area contributed by atoms with Crippen molar-refractivity contribution in [3.05, 3.63) is 89.5 Å². The number of rotatable bonds is 15. The molecule has 37 heavy (non-hydrogen) atoms. The van der Waals surface area contributed by atoms with Gasteiger partial charge in [0.25, 0.3) is 0 Å². The lowest BCUT2D eigenvalue weighted by atomic mass is 10.2. The molecule has 0 N–H and O–H groups in total. The van der Waals surface area contributed by atoms with E-state index in [1.807, 2.05) is 91.4 Å². The average molecular weight is 501 g/mol. The van der Waals surface area contributed by atoms with Crippen LogP contribution in [0.4, 0.5) is 0 Å². The molecule has 0 saturated carbocycles.